The third kappa shape index (κ3) is 2.28. The molecule has 4 nitrogen and oxygen atoms in total. The van der Waals surface area contributed by atoms with Gasteiger partial charge in [-0.1, -0.05) is 29.0 Å². The van der Waals surface area contributed by atoms with Crippen molar-refractivity contribution >= 4 is 45.6 Å². The molecular weight excluding hydrogens is 318 g/mol. The molecule has 0 spiro atoms. The molecule has 0 unspecified atom stereocenters. The van der Waals surface area contributed by atoms with Gasteiger partial charge in [0.1, 0.15) is 0 Å². The zero-order valence-electron chi connectivity index (χ0n) is 11.3. The smallest absolute Gasteiger partial charge is 0.257 e. The Morgan fingerprint density at radius 1 is 1.27 bits per heavy atom. The highest BCUT2D eigenvalue weighted by atomic mass is 35.5. The second-order valence-corrected chi connectivity index (χ2v) is 6.40. The topological polar surface area (TPSA) is 54.9 Å². The van der Waals surface area contributed by atoms with Crippen molar-refractivity contribution in [2.45, 2.75) is 6.42 Å². The molecule has 0 aliphatic heterocycles. The van der Waals surface area contributed by atoms with Gasteiger partial charge in [0.2, 0.25) is 0 Å². The Labute approximate surface area is 135 Å². The van der Waals surface area contributed by atoms with E-state index in [4.69, 9.17) is 11.6 Å². The number of halogens is 1. The van der Waals surface area contributed by atoms with E-state index in [1.165, 1.54) is 16.9 Å². The summed E-state index contributed by atoms with van der Waals surface area (Å²) in [7, 11) is 0. The zero-order valence-corrected chi connectivity index (χ0v) is 12.9. The minimum atomic E-state index is -0.179. The number of amides is 1. The molecule has 2 aliphatic carbocycles. The molecule has 2 aliphatic rings. The van der Waals surface area contributed by atoms with Gasteiger partial charge in [-0.05, 0) is 41.9 Å². The highest BCUT2D eigenvalue weighted by Crippen LogP contribution is 2.28. The largest absolute Gasteiger partial charge is 0.298 e. The van der Waals surface area contributed by atoms with Crippen LogP contribution in [0, 0.1) is 0 Å². The van der Waals surface area contributed by atoms with Crippen molar-refractivity contribution in [3.8, 4) is 0 Å². The Hall–Kier alpha value is -2.24. The number of nitrogens with one attached hydrogen (secondary N) is 1. The molecule has 0 aromatic carbocycles. The number of hydrogen-bond acceptors (Lipinski definition) is 4. The molecule has 6 heteroatoms. The molecule has 2 aromatic rings. The molecule has 108 valence electrons. The van der Waals surface area contributed by atoms with Crippen LogP contribution in [0.2, 0.25) is 0 Å². The van der Waals surface area contributed by atoms with E-state index in [0.29, 0.717) is 10.7 Å². The summed E-state index contributed by atoms with van der Waals surface area (Å²) in [5, 5.41) is 5.15. The first kappa shape index (κ1) is 13.4. The van der Waals surface area contributed by atoms with Gasteiger partial charge in [0.05, 0.1) is 9.88 Å². The molecule has 4 rings (SSSR count). The Morgan fingerprint density at radius 3 is 2.91 bits per heavy atom. The van der Waals surface area contributed by atoms with Crippen LogP contribution in [0.1, 0.15) is 16.8 Å². The fraction of sp³-hybridized carbons (Fsp3) is 0.0625. The zero-order chi connectivity index (χ0) is 15.1. The molecule has 22 heavy (non-hydrogen) atoms. The Morgan fingerprint density at radius 2 is 2.09 bits per heavy atom. The molecule has 0 atom stereocenters. The van der Waals surface area contributed by atoms with Crippen LogP contribution in [0.15, 0.2) is 47.3 Å². The summed E-state index contributed by atoms with van der Waals surface area (Å²) in [6, 6.07) is 3.35. The molecule has 1 N–H and O–H groups in total. The van der Waals surface area contributed by atoms with E-state index in [1.54, 1.807) is 24.5 Å². The monoisotopic (exact) mass is 327 g/mol. The lowest BCUT2D eigenvalue weighted by molar-refractivity contribution is 0.102. The van der Waals surface area contributed by atoms with Gasteiger partial charge in [-0.2, -0.15) is 0 Å². The number of carbonyl (C=O) groups is 1. The lowest BCUT2D eigenvalue weighted by Gasteiger charge is -2.07. The molecule has 2 aromatic heterocycles. The van der Waals surface area contributed by atoms with Gasteiger partial charge in [0.25, 0.3) is 5.91 Å². The number of pyridine rings is 1. The number of hydrogen-bond donors (Lipinski definition) is 1. The summed E-state index contributed by atoms with van der Waals surface area (Å²) in [5.41, 5.74) is 2.85. The molecule has 0 radical (unpaired) electrons. The summed E-state index contributed by atoms with van der Waals surface area (Å²) >= 11 is 7.50. The third-order valence-electron chi connectivity index (χ3n) is 3.53. The Bertz CT molecular complexity index is 957. The number of fused-ring (bicyclic) bond motifs is 2. The van der Waals surface area contributed by atoms with E-state index in [2.05, 4.69) is 21.4 Å². The second-order valence-electron chi connectivity index (χ2n) is 4.94. The Balaban J connectivity index is 1.66. The molecule has 0 saturated heterocycles. The van der Waals surface area contributed by atoms with Crippen LogP contribution in [-0.4, -0.2) is 15.9 Å². The maximum absolute atomic E-state index is 12.1. The van der Waals surface area contributed by atoms with Crippen LogP contribution < -0.4 is 15.2 Å². The highest BCUT2D eigenvalue weighted by Gasteiger charge is 2.18. The van der Waals surface area contributed by atoms with Gasteiger partial charge in [-0.3, -0.25) is 15.1 Å². The predicted octanol–water partition coefficient (Wildman–Crippen LogP) is 2.19. The van der Waals surface area contributed by atoms with Gasteiger partial charge in [0, 0.05) is 23.0 Å². The van der Waals surface area contributed by atoms with Crippen LogP contribution >= 0.6 is 22.9 Å². The second kappa shape index (κ2) is 5.19. The van der Waals surface area contributed by atoms with E-state index in [0.717, 1.165) is 26.9 Å². The lowest BCUT2D eigenvalue weighted by Crippen LogP contribution is -2.20. The molecule has 2 heterocycles. The van der Waals surface area contributed by atoms with Crippen molar-refractivity contribution < 1.29 is 4.79 Å². The number of thiazole rings is 1. The van der Waals surface area contributed by atoms with Gasteiger partial charge in [-0.25, -0.2) is 4.98 Å². The average Bonchev–Trinajstić information content (AvgIpc) is 3.04. The minimum absolute atomic E-state index is 0.179. The van der Waals surface area contributed by atoms with Crippen molar-refractivity contribution in [2.24, 2.45) is 0 Å². The van der Waals surface area contributed by atoms with E-state index < -0.39 is 0 Å². The third-order valence-corrected chi connectivity index (χ3v) is 4.71. The van der Waals surface area contributed by atoms with Gasteiger partial charge in [-0.15, -0.1) is 0 Å². The summed E-state index contributed by atoms with van der Waals surface area (Å²) < 4.78 is 1.06. The standard InChI is InChI=1S/C16H10ClN3OS/c17-11-1-2-12-10(7-11)8-13-14(12)19-16(22-13)20-15(21)9-3-5-18-6-4-9/h1,3-8H,2H2,(H,19,20,21). The first-order valence-electron chi connectivity index (χ1n) is 6.71. The normalized spacial score (nSPS) is 15.4. The summed E-state index contributed by atoms with van der Waals surface area (Å²) in [6.45, 7) is 0. The maximum atomic E-state index is 12.1. The van der Waals surface area contributed by atoms with E-state index in [1.807, 2.05) is 12.2 Å². The van der Waals surface area contributed by atoms with E-state index >= 15 is 0 Å². The van der Waals surface area contributed by atoms with Crippen molar-refractivity contribution in [2.75, 3.05) is 5.32 Å². The van der Waals surface area contributed by atoms with Gasteiger partial charge >= 0.3 is 0 Å². The molecule has 0 fully saturated rings. The molecular formula is C16H10ClN3OS. The SMILES string of the molecule is O=C(Nc1nc2c(s1)=CC1=CC(Cl)=CCC=21)c1ccncc1. The number of anilines is 1. The van der Waals surface area contributed by atoms with Gasteiger partial charge < -0.3 is 0 Å². The average molecular weight is 328 g/mol. The molecule has 1 amide bonds. The van der Waals surface area contributed by atoms with E-state index in [9.17, 15) is 4.79 Å². The first-order valence-corrected chi connectivity index (χ1v) is 7.91. The summed E-state index contributed by atoms with van der Waals surface area (Å²) in [5.74, 6) is -0.179. The van der Waals surface area contributed by atoms with Crippen molar-refractivity contribution in [3.05, 3.63) is 62.7 Å². The Kier molecular flexibility index (Phi) is 3.17. The van der Waals surface area contributed by atoms with Crippen LogP contribution in [0.4, 0.5) is 5.13 Å². The van der Waals surface area contributed by atoms with E-state index in [-0.39, 0.29) is 5.91 Å². The van der Waals surface area contributed by atoms with Crippen LogP contribution in [0.25, 0.3) is 11.6 Å². The van der Waals surface area contributed by atoms with Crippen LogP contribution in [-0.2, 0) is 0 Å². The molecule has 0 saturated carbocycles. The number of rotatable bonds is 2. The van der Waals surface area contributed by atoms with Gasteiger partial charge in [0.15, 0.2) is 5.13 Å². The van der Waals surface area contributed by atoms with Crippen molar-refractivity contribution in [3.63, 3.8) is 0 Å². The number of carbonyl (C=O) groups excluding carboxylic acids is 1. The summed E-state index contributed by atoms with van der Waals surface area (Å²) in [4.78, 5) is 20.6. The van der Waals surface area contributed by atoms with Crippen molar-refractivity contribution in [1.82, 2.24) is 9.97 Å². The lowest BCUT2D eigenvalue weighted by atomic mass is 10.0. The number of nitrogens with zero attached hydrogens (tertiary/aromatic N) is 2. The molecule has 0 bridgehead atoms. The fourth-order valence-electron chi connectivity index (χ4n) is 2.49. The number of allylic oxidation sites excluding steroid dienone is 4. The number of aromatic nitrogens is 2. The van der Waals surface area contributed by atoms with Crippen LogP contribution in [0.3, 0.4) is 0 Å². The first-order chi connectivity index (χ1) is 10.7. The summed E-state index contributed by atoms with van der Waals surface area (Å²) in [6.07, 6.45) is 9.95. The minimum Gasteiger partial charge on any atom is -0.298 e. The predicted molar refractivity (Wildman–Crippen MR) is 88.1 cm³/mol. The van der Waals surface area contributed by atoms with Crippen molar-refractivity contribution in [1.29, 1.82) is 0 Å². The van der Waals surface area contributed by atoms with Crippen LogP contribution in [0.5, 0.6) is 0 Å². The quantitative estimate of drug-likeness (QED) is 0.920. The fourth-order valence-corrected chi connectivity index (χ4v) is 3.62. The maximum Gasteiger partial charge on any atom is 0.257 e. The highest BCUT2D eigenvalue weighted by molar-refractivity contribution is 7.13.